The maximum Gasteiger partial charge on any atom is 0.129 e. The highest BCUT2D eigenvalue weighted by Crippen LogP contribution is 2.19. The van der Waals surface area contributed by atoms with Gasteiger partial charge in [0.2, 0.25) is 0 Å². The molecule has 0 amide bonds. The molecule has 0 aliphatic carbocycles. The first-order valence-corrected chi connectivity index (χ1v) is 5.90. The van der Waals surface area contributed by atoms with Crippen LogP contribution in [0.3, 0.4) is 0 Å². The Kier molecular flexibility index (Phi) is 3.87. The molecule has 2 rings (SSSR count). The molecule has 2 aromatic rings. The summed E-state index contributed by atoms with van der Waals surface area (Å²) in [5.74, 6) is 0.809. The molecule has 18 heavy (non-hydrogen) atoms. The van der Waals surface area contributed by atoms with Gasteiger partial charge in [-0.3, -0.25) is 0 Å². The van der Waals surface area contributed by atoms with E-state index in [4.69, 9.17) is 5.26 Å². The maximum absolute atomic E-state index is 8.88. The van der Waals surface area contributed by atoms with Crippen LogP contribution in [0, 0.1) is 11.3 Å². The molecule has 1 aromatic heterocycles. The Labute approximate surface area is 106 Å². The van der Waals surface area contributed by atoms with Crippen molar-refractivity contribution in [2.45, 2.75) is 13.3 Å². The molecular weight excluding hydrogens is 224 g/mol. The number of hydrogen-bond donors (Lipinski definition) is 1. The van der Waals surface area contributed by atoms with E-state index in [0.717, 1.165) is 30.0 Å². The van der Waals surface area contributed by atoms with Crippen molar-refractivity contribution in [1.29, 1.82) is 5.26 Å². The fourth-order valence-corrected chi connectivity index (χ4v) is 1.61. The van der Waals surface area contributed by atoms with E-state index in [1.54, 1.807) is 6.07 Å². The van der Waals surface area contributed by atoms with E-state index in [1.807, 2.05) is 24.3 Å². The Morgan fingerprint density at radius 3 is 2.94 bits per heavy atom. The zero-order chi connectivity index (χ0) is 12.8. The van der Waals surface area contributed by atoms with Crippen molar-refractivity contribution in [1.82, 2.24) is 9.97 Å². The van der Waals surface area contributed by atoms with Gasteiger partial charge in [0.15, 0.2) is 0 Å². The molecule has 90 valence electrons. The third-order valence-electron chi connectivity index (χ3n) is 2.51. The van der Waals surface area contributed by atoms with Crippen LogP contribution in [0.15, 0.2) is 36.7 Å². The molecule has 0 unspecified atom stereocenters. The number of rotatable bonds is 4. The maximum atomic E-state index is 8.88. The lowest BCUT2D eigenvalue weighted by Crippen LogP contribution is -2.02. The highest BCUT2D eigenvalue weighted by atomic mass is 15.0. The summed E-state index contributed by atoms with van der Waals surface area (Å²) >= 11 is 0. The van der Waals surface area contributed by atoms with Crippen molar-refractivity contribution in [3.63, 3.8) is 0 Å². The van der Waals surface area contributed by atoms with Gasteiger partial charge in [-0.25, -0.2) is 9.97 Å². The number of nitrogens with zero attached hydrogens (tertiary/aromatic N) is 3. The van der Waals surface area contributed by atoms with Crippen LogP contribution in [-0.2, 0) is 0 Å². The van der Waals surface area contributed by atoms with Crippen molar-refractivity contribution in [3.8, 4) is 17.3 Å². The summed E-state index contributed by atoms with van der Waals surface area (Å²) in [6.45, 7) is 2.99. The minimum Gasteiger partial charge on any atom is -0.370 e. The van der Waals surface area contributed by atoms with E-state index in [-0.39, 0.29) is 0 Å². The Balaban J connectivity index is 2.29. The van der Waals surface area contributed by atoms with Gasteiger partial charge in [0.1, 0.15) is 12.1 Å². The van der Waals surface area contributed by atoms with Crippen molar-refractivity contribution in [2.24, 2.45) is 0 Å². The van der Waals surface area contributed by atoms with Crippen molar-refractivity contribution >= 4 is 5.82 Å². The molecule has 1 N–H and O–H groups in total. The summed E-state index contributed by atoms with van der Waals surface area (Å²) in [5, 5.41) is 12.1. The monoisotopic (exact) mass is 238 g/mol. The lowest BCUT2D eigenvalue weighted by Gasteiger charge is -2.05. The second kappa shape index (κ2) is 5.78. The quantitative estimate of drug-likeness (QED) is 0.889. The average molecular weight is 238 g/mol. The van der Waals surface area contributed by atoms with Crippen LogP contribution in [0.4, 0.5) is 5.82 Å². The van der Waals surface area contributed by atoms with Gasteiger partial charge in [-0.15, -0.1) is 0 Å². The third-order valence-corrected chi connectivity index (χ3v) is 2.51. The van der Waals surface area contributed by atoms with Crippen molar-refractivity contribution in [3.05, 3.63) is 42.2 Å². The van der Waals surface area contributed by atoms with E-state index >= 15 is 0 Å². The van der Waals surface area contributed by atoms with Gasteiger partial charge >= 0.3 is 0 Å². The Morgan fingerprint density at radius 1 is 1.28 bits per heavy atom. The minimum absolute atomic E-state index is 0.633. The number of hydrogen-bond acceptors (Lipinski definition) is 4. The molecule has 0 saturated heterocycles. The molecule has 0 aliphatic rings. The highest BCUT2D eigenvalue weighted by molar-refractivity contribution is 5.63. The van der Waals surface area contributed by atoms with E-state index in [0.29, 0.717) is 5.56 Å². The van der Waals surface area contributed by atoms with Gasteiger partial charge in [-0.05, 0) is 18.6 Å². The fourth-order valence-electron chi connectivity index (χ4n) is 1.61. The third kappa shape index (κ3) is 2.83. The molecule has 0 radical (unpaired) electrons. The smallest absolute Gasteiger partial charge is 0.129 e. The molecule has 0 fully saturated rings. The van der Waals surface area contributed by atoms with Gasteiger partial charge in [0.05, 0.1) is 17.3 Å². The molecule has 4 heteroatoms. The first-order chi connectivity index (χ1) is 8.83. The van der Waals surface area contributed by atoms with Crippen LogP contribution in [0.5, 0.6) is 0 Å². The van der Waals surface area contributed by atoms with Gasteiger partial charge in [0, 0.05) is 18.2 Å². The molecule has 0 spiro atoms. The number of aromatic nitrogens is 2. The second-order valence-corrected chi connectivity index (χ2v) is 3.91. The Morgan fingerprint density at radius 2 is 2.17 bits per heavy atom. The van der Waals surface area contributed by atoms with Crippen LogP contribution in [0.25, 0.3) is 11.3 Å². The largest absolute Gasteiger partial charge is 0.370 e. The van der Waals surface area contributed by atoms with E-state index in [9.17, 15) is 0 Å². The first-order valence-electron chi connectivity index (χ1n) is 5.90. The number of nitrogens with one attached hydrogen (secondary N) is 1. The van der Waals surface area contributed by atoms with Gasteiger partial charge in [-0.2, -0.15) is 5.26 Å². The molecule has 0 bridgehead atoms. The Hall–Kier alpha value is -2.41. The minimum atomic E-state index is 0.633. The fraction of sp³-hybridized carbons (Fsp3) is 0.214. The summed E-state index contributed by atoms with van der Waals surface area (Å²) in [6.07, 6.45) is 2.58. The topological polar surface area (TPSA) is 61.6 Å². The lowest BCUT2D eigenvalue weighted by molar-refractivity contribution is 0.965. The average Bonchev–Trinajstić information content (AvgIpc) is 2.45. The standard InChI is InChI=1S/C14H14N4/c1-2-6-16-14-8-13(17-10-18-14)12-5-3-4-11(7-12)9-15/h3-5,7-8,10H,2,6H2,1H3,(H,16,17,18). The predicted molar refractivity (Wildman–Crippen MR) is 71.0 cm³/mol. The SMILES string of the molecule is CCCNc1cc(-c2cccc(C#N)c2)ncn1. The predicted octanol–water partition coefficient (Wildman–Crippen LogP) is 2.84. The van der Waals surface area contributed by atoms with Gasteiger partial charge in [-0.1, -0.05) is 19.1 Å². The van der Waals surface area contributed by atoms with E-state index < -0.39 is 0 Å². The van der Waals surface area contributed by atoms with Gasteiger partial charge < -0.3 is 5.32 Å². The Bertz CT molecular complexity index is 572. The normalized spacial score (nSPS) is 9.78. The molecule has 4 nitrogen and oxygen atoms in total. The summed E-state index contributed by atoms with van der Waals surface area (Å²) in [7, 11) is 0. The van der Waals surface area contributed by atoms with Gasteiger partial charge in [0.25, 0.3) is 0 Å². The van der Waals surface area contributed by atoms with Crippen LogP contribution in [0.1, 0.15) is 18.9 Å². The zero-order valence-corrected chi connectivity index (χ0v) is 10.2. The van der Waals surface area contributed by atoms with Crippen LogP contribution in [-0.4, -0.2) is 16.5 Å². The van der Waals surface area contributed by atoms with Crippen LogP contribution < -0.4 is 5.32 Å². The molecule has 1 aromatic carbocycles. The number of anilines is 1. The molecule has 0 atom stereocenters. The first kappa shape index (κ1) is 12.1. The molecular formula is C14H14N4. The highest BCUT2D eigenvalue weighted by Gasteiger charge is 2.02. The van der Waals surface area contributed by atoms with E-state index in [2.05, 4.69) is 28.3 Å². The summed E-state index contributed by atoms with van der Waals surface area (Å²) in [5.41, 5.74) is 2.38. The summed E-state index contributed by atoms with van der Waals surface area (Å²) < 4.78 is 0. The van der Waals surface area contributed by atoms with Crippen molar-refractivity contribution < 1.29 is 0 Å². The van der Waals surface area contributed by atoms with Crippen LogP contribution in [0.2, 0.25) is 0 Å². The molecule has 0 aliphatic heterocycles. The second-order valence-electron chi connectivity index (χ2n) is 3.91. The number of benzene rings is 1. The number of nitriles is 1. The van der Waals surface area contributed by atoms with Crippen molar-refractivity contribution in [2.75, 3.05) is 11.9 Å². The lowest BCUT2D eigenvalue weighted by atomic mass is 10.1. The van der Waals surface area contributed by atoms with E-state index in [1.165, 1.54) is 6.33 Å². The zero-order valence-electron chi connectivity index (χ0n) is 10.2. The summed E-state index contributed by atoms with van der Waals surface area (Å²) in [6, 6.07) is 11.4. The summed E-state index contributed by atoms with van der Waals surface area (Å²) in [4.78, 5) is 8.39. The molecule has 0 saturated carbocycles. The molecule has 1 heterocycles. The van der Waals surface area contributed by atoms with Crippen LogP contribution >= 0.6 is 0 Å².